The molecule has 0 atom stereocenters. The van der Waals surface area contributed by atoms with Crippen LogP contribution in [0.15, 0.2) is 40.8 Å². The number of nitrogens with zero attached hydrogens (tertiary/aromatic N) is 1. The van der Waals surface area contributed by atoms with Gasteiger partial charge in [-0.1, -0.05) is 0 Å². The summed E-state index contributed by atoms with van der Waals surface area (Å²) in [5, 5.41) is -0.472. The number of benzene rings is 2. The smallest absolute Gasteiger partial charge is 0.252 e. The fourth-order valence-electron chi connectivity index (χ4n) is 2.05. The lowest BCUT2D eigenvalue weighted by atomic mass is 10.1. The van der Waals surface area contributed by atoms with E-state index in [2.05, 4.69) is 4.98 Å². The lowest BCUT2D eigenvalue weighted by Gasteiger charge is -1.96. The maximum Gasteiger partial charge on any atom is 0.252 e. The first-order valence-electron chi connectivity index (χ1n) is 6.22. The summed E-state index contributed by atoms with van der Waals surface area (Å²) in [4.78, 5) is 15.5. The molecule has 0 amide bonds. The number of fused-ring (bicyclic) bond motifs is 1. The molecule has 0 aliphatic carbocycles. The minimum Gasteiger partial charge on any atom is -0.436 e. The van der Waals surface area contributed by atoms with Crippen molar-refractivity contribution in [1.29, 1.82) is 0 Å². The van der Waals surface area contributed by atoms with Crippen molar-refractivity contribution in [2.45, 2.75) is 13.8 Å². The molecule has 3 aromatic rings. The monoisotopic (exact) mass is 285 g/mol. The topological polar surface area (TPSA) is 43.1 Å². The summed E-state index contributed by atoms with van der Waals surface area (Å²) in [5.41, 5.74) is 5.22. The molecule has 0 N–H and O–H groups in total. The van der Waals surface area contributed by atoms with Crippen molar-refractivity contribution in [1.82, 2.24) is 4.98 Å². The fourth-order valence-corrected chi connectivity index (χ4v) is 2.17. The predicted octanol–water partition coefficient (Wildman–Crippen LogP) is 4.49. The van der Waals surface area contributed by atoms with Crippen molar-refractivity contribution in [2.75, 3.05) is 0 Å². The molecule has 0 saturated carbocycles. The van der Waals surface area contributed by atoms with Crippen molar-refractivity contribution >= 4 is 27.9 Å². The van der Waals surface area contributed by atoms with E-state index in [1.807, 2.05) is 26.0 Å². The second-order valence-corrected chi connectivity index (χ2v) is 5.12. The molecule has 0 radical (unpaired) electrons. The molecule has 100 valence electrons. The minimum atomic E-state index is -0.472. The number of aromatic nitrogens is 1. The quantitative estimate of drug-likeness (QED) is 0.652. The van der Waals surface area contributed by atoms with Crippen LogP contribution in [0.5, 0.6) is 0 Å². The van der Waals surface area contributed by atoms with Gasteiger partial charge in [0.2, 0.25) is 5.89 Å². The van der Waals surface area contributed by atoms with Crippen LogP contribution in [0.4, 0.5) is 0 Å². The zero-order valence-electron chi connectivity index (χ0n) is 11.1. The van der Waals surface area contributed by atoms with Gasteiger partial charge in [0.25, 0.3) is 5.24 Å². The molecule has 0 aliphatic rings. The van der Waals surface area contributed by atoms with Gasteiger partial charge in [0.15, 0.2) is 5.58 Å². The third-order valence-electron chi connectivity index (χ3n) is 3.36. The van der Waals surface area contributed by atoms with Crippen molar-refractivity contribution in [2.24, 2.45) is 0 Å². The van der Waals surface area contributed by atoms with Crippen LogP contribution in [0.3, 0.4) is 0 Å². The lowest BCUT2D eigenvalue weighted by Crippen LogP contribution is -1.87. The Kier molecular flexibility index (Phi) is 3.07. The van der Waals surface area contributed by atoms with E-state index in [1.165, 1.54) is 11.1 Å². The van der Waals surface area contributed by atoms with Crippen LogP contribution in [-0.2, 0) is 0 Å². The highest BCUT2D eigenvalue weighted by Crippen LogP contribution is 2.26. The van der Waals surface area contributed by atoms with E-state index in [9.17, 15) is 4.79 Å². The molecule has 4 heteroatoms. The Balaban J connectivity index is 2.07. The zero-order chi connectivity index (χ0) is 14.3. The number of rotatable bonds is 2. The third-order valence-corrected chi connectivity index (χ3v) is 3.58. The molecule has 0 fully saturated rings. The Labute approximate surface area is 121 Å². The van der Waals surface area contributed by atoms with Gasteiger partial charge in [0, 0.05) is 11.1 Å². The van der Waals surface area contributed by atoms with Crippen molar-refractivity contribution < 1.29 is 9.21 Å². The normalized spacial score (nSPS) is 10.9. The number of oxazole rings is 1. The predicted molar refractivity (Wildman–Crippen MR) is 79.1 cm³/mol. The first-order valence-corrected chi connectivity index (χ1v) is 6.60. The van der Waals surface area contributed by atoms with Gasteiger partial charge in [-0.3, -0.25) is 4.79 Å². The average Bonchev–Trinajstić information content (AvgIpc) is 2.82. The fraction of sp³-hybridized carbons (Fsp3) is 0.125. The Bertz CT molecular complexity index is 764. The van der Waals surface area contributed by atoms with Crippen molar-refractivity contribution in [3.8, 4) is 11.5 Å². The zero-order valence-corrected chi connectivity index (χ0v) is 11.9. The highest BCUT2D eigenvalue weighted by molar-refractivity contribution is 6.67. The summed E-state index contributed by atoms with van der Waals surface area (Å²) in [6, 6.07) is 10.9. The van der Waals surface area contributed by atoms with Gasteiger partial charge < -0.3 is 4.42 Å². The molecule has 0 bridgehead atoms. The molecule has 0 unspecified atom stereocenters. The Morgan fingerprint density at radius 1 is 1.10 bits per heavy atom. The van der Waals surface area contributed by atoms with Gasteiger partial charge in [0.05, 0.1) is 0 Å². The Morgan fingerprint density at radius 2 is 1.75 bits per heavy atom. The van der Waals surface area contributed by atoms with Crippen LogP contribution in [0, 0.1) is 13.8 Å². The first-order chi connectivity index (χ1) is 9.54. The van der Waals surface area contributed by atoms with Crippen LogP contribution < -0.4 is 0 Å². The molecule has 3 rings (SSSR count). The molecular formula is C16H12ClNO2. The minimum absolute atomic E-state index is 0.457. The van der Waals surface area contributed by atoms with E-state index in [0.29, 0.717) is 11.5 Å². The van der Waals surface area contributed by atoms with Crippen molar-refractivity contribution in [3.63, 3.8) is 0 Å². The van der Waals surface area contributed by atoms with Gasteiger partial charge in [-0.25, -0.2) is 4.98 Å². The summed E-state index contributed by atoms with van der Waals surface area (Å²) < 4.78 is 5.76. The van der Waals surface area contributed by atoms with Gasteiger partial charge in [-0.15, -0.1) is 0 Å². The average molecular weight is 286 g/mol. The first kappa shape index (κ1) is 12.9. The highest BCUT2D eigenvalue weighted by atomic mass is 35.5. The van der Waals surface area contributed by atoms with Crippen LogP contribution >= 0.6 is 11.6 Å². The van der Waals surface area contributed by atoms with E-state index in [-0.39, 0.29) is 0 Å². The second-order valence-electron chi connectivity index (χ2n) is 4.77. The molecule has 2 aromatic carbocycles. The lowest BCUT2D eigenvalue weighted by molar-refractivity contribution is 0.108. The number of hydrogen-bond donors (Lipinski definition) is 0. The number of hydrogen-bond acceptors (Lipinski definition) is 3. The van der Waals surface area contributed by atoms with Crippen LogP contribution in [0.25, 0.3) is 22.6 Å². The molecule has 0 aliphatic heterocycles. The third kappa shape index (κ3) is 2.21. The summed E-state index contributed by atoms with van der Waals surface area (Å²) in [7, 11) is 0. The van der Waals surface area contributed by atoms with Gasteiger partial charge >= 0.3 is 0 Å². The molecule has 20 heavy (non-hydrogen) atoms. The molecule has 0 spiro atoms. The van der Waals surface area contributed by atoms with Crippen molar-refractivity contribution in [3.05, 3.63) is 53.1 Å². The standard InChI is InChI=1S/C16H12ClNO2/c1-9-7-13-14(8-10(9)2)20-16(18-13)12-5-3-11(4-6-12)15(17)19/h3-8H,1-2H3. The van der Waals surface area contributed by atoms with Gasteiger partial charge in [0.1, 0.15) is 5.52 Å². The summed E-state index contributed by atoms with van der Waals surface area (Å²) >= 11 is 5.42. The number of halogens is 1. The Hall–Kier alpha value is -2.13. The van der Waals surface area contributed by atoms with Crippen LogP contribution in [0.2, 0.25) is 0 Å². The molecule has 3 nitrogen and oxygen atoms in total. The Morgan fingerprint density at radius 3 is 2.40 bits per heavy atom. The summed E-state index contributed by atoms with van der Waals surface area (Å²) in [5.74, 6) is 0.540. The maximum absolute atomic E-state index is 11.0. The van der Waals surface area contributed by atoms with E-state index in [1.54, 1.807) is 24.3 Å². The van der Waals surface area contributed by atoms with E-state index >= 15 is 0 Å². The number of aryl methyl sites for hydroxylation is 2. The van der Waals surface area contributed by atoms with Gasteiger partial charge in [-0.05, 0) is 73.0 Å². The molecule has 0 saturated heterocycles. The van der Waals surface area contributed by atoms with E-state index in [4.69, 9.17) is 16.0 Å². The maximum atomic E-state index is 11.0. The largest absolute Gasteiger partial charge is 0.436 e. The second kappa shape index (κ2) is 4.76. The molecule has 1 heterocycles. The number of carbonyl (C=O) groups excluding carboxylic acids is 1. The van der Waals surface area contributed by atoms with Crippen LogP contribution in [-0.4, -0.2) is 10.2 Å². The van der Waals surface area contributed by atoms with E-state index in [0.717, 1.165) is 16.7 Å². The highest BCUT2D eigenvalue weighted by Gasteiger charge is 2.10. The van der Waals surface area contributed by atoms with E-state index < -0.39 is 5.24 Å². The SMILES string of the molecule is Cc1cc2nc(-c3ccc(C(=O)Cl)cc3)oc2cc1C. The number of carbonyl (C=O) groups is 1. The summed E-state index contributed by atoms with van der Waals surface area (Å²) in [6.45, 7) is 4.09. The molecular weight excluding hydrogens is 274 g/mol. The van der Waals surface area contributed by atoms with Crippen LogP contribution in [0.1, 0.15) is 21.5 Å². The van der Waals surface area contributed by atoms with Gasteiger partial charge in [-0.2, -0.15) is 0 Å². The summed E-state index contributed by atoms with van der Waals surface area (Å²) in [6.07, 6.45) is 0. The molecule has 1 aromatic heterocycles.